The van der Waals surface area contributed by atoms with Crippen molar-refractivity contribution < 1.29 is 12.8 Å². The molecule has 3 N–H and O–H groups in total. The predicted molar refractivity (Wildman–Crippen MR) is 80.6 cm³/mol. The zero-order chi connectivity index (χ0) is 15.7. The SMILES string of the molecule is NS(=O)(=O)c1ccc(Nc2ncnc3c(F)cccc23)cc1. The largest absolute Gasteiger partial charge is 0.340 e. The van der Waals surface area contributed by atoms with E-state index < -0.39 is 15.8 Å². The van der Waals surface area contributed by atoms with Crippen molar-refractivity contribution in [2.45, 2.75) is 4.90 Å². The number of halogens is 1. The van der Waals surface area contributed by atoms with Crippen molar-refractivity contribution in [3.63, 3.8) is 0 Å². The monoisotopic (exact) mass is 318 g/mol. The first-order valence-electron chi connectivity index (χ1n) is 6.24. The molecular weight excluding hydrogens is 307 g/mol. The van der Waals surface area contributed by atoms with Gasteiger partial charge in [-0.15, -0.1) is 0 Å². The summed E-state index contributed by atoms with van der Waals surface area (Å²) >= 11 is 0. The molecular formula is C14H11FN4O2S. The van der Waals surface area contributed by atoms with Crippen LogP contribution in [0.25, 0.3) is 10.9 Å². The summed E-state index contributed by atoms with van der Waals surface area (Å²) in [5.41, 5.74) is 0.804. The fraction of sp³-hybridized carbons (Fsp3) is 0. The van der Waals surface area contributed by atoms with Crippen molar-refractivity contribution >= 4 is 32.4 Å². The molecule has 0 atom stereocenters. The highest BCUT2D eigenvalue weighted by atomic mass is 32.2. The molecule has 0 aliphatic rings. The number of para-hydroxylation sites is 1. The minimum atomic E-state index is -3.74. The molecule has 0 bridgehead atoms. The van der Waals surface area contributed by atoms with Crippen LogP contribution < -0.4 is 10.5 Å². The minimum absolute atomic E-state index is 0.0108. The Bertz CT molecular complexity index is 943. The summed E-state index contributed by atoms with van der Waals surface area (Å²) in [6.45, 7) is 0. The highest BCUT2D eigenvalue weighted by Gasteiger charge is 2.09. The fourth-order valence-corrected chi connectivity index (χ4v) is 2.53. The molecule has 0 aliphatic heterocycles. The molecule has 0 saturated heterocycles. The lowest BCUT2D eigenvalue weighted by atomic mass is 10.2. The molecule has 1 aromatic heterocycles. The Morgan fingerprint density at radius 3 is 2.45 bits per heavy atom. The Morgan fingerprint density at radius 1 is 1.05 bits per heavy atom. The van der Waals surface area contributed by atoms with Crippen molar-refractivity contribution in [2.75, 3.05) is 5.32 Å². The van der Waals surface area contributed by atoms with E-state index in [0.717, 1.165) is 0 Å². The van der Waals surface area contributed by atoms with Gasteiger partial charge in [-0.05, 0) is 36.4 Å². The summed E-state index contributed by atoms with van der Waals surface area (Å²) < 4.78 is 36.1. The van der Waals surface area contributed by atoms with Crippen LogP contribution in [0.5, 0.6) is 0 Å². The van der Waals surface area contributed by atoms with Crippen molar-refractivity contribution in [1.82, 2.24) is 9.97 Å². The third-order valence-corrected chi connectivity index (χ3v) is 3.99. The smallest absolute Gasteiger partial charge is 0.238 e. The standard InChI is InChI=1S/C14H11FN4O2S/c15-12-3-1-2-11-13(12)17-8-18-14(11)19-9-4-6-10(7-5-9)22(16,20)21/h1-8H,(H2,16,20,21)(H,17,18,19). The summed E-state index contributed by atoms with van der Waals surface area (Å²) in [5.74, 6) is -0.0135. The number of rotatable bonds is 3. The van der Waals surface area contributed by atoms with Crippen LogP contribution in [0.4, 0.5) is 15.9 Å². The number of fused-ring (bicyclic) bond motifs is 1. The summed E-state index contributed by atoms with van der Waals surface area (Å²) in [6, 6.07) is 10.4. The lowest BCUT2D eigenvalue weighted by molar-refractivity contribution is 0.598. The van der Waals surface area contributed by atoms with Crippen molar-refractivity contribution in [3.8, 4) is 0 Å². The number of nitrogens with two attached hydrogens (primary N) is 1. The van der Waals surface area contributed by atoms with Gasteiger partial charge in [-0.3, -0.25) is 0 Å². The van der Waals surface area contributed by atoms with E-state index in [9.17, 15) is 12.8 Å². The van der Waals surface area contributed by atoms with Crippen LogP contribution >= 0.6 is 0 Å². The summed E-state index contributed by atoms with van der Waals surface area (Å²) in [5, 5.41) is 8.57. The zero-order valence-corrected chi connectivity index (χ0v) is 12.0. The van der Waals surface area contributed by atoms with Gasteiger partial charge in [-0.25, -0.2) is 27.9 Å². The Balaban J connectivity index is 1.99. The molecule has 6 nitrogen and oxygen atoms in total. The number of nitrogens with one attached hydrogen (secondary N) is 1. The third-order valence-electron chi connectivity index (χ3n) is 3.06. The second kappa shape index (κ2) is 5.32. The van der Waals surface area contributed by atoms with Crippen LogP contribution in [-0.2, 0) is 10.0 Å². The van der Waals surface area contributed by atoms with Gasteiger partial charge < -0.3 is 5.32 Å². The van der Waals surface area contributed by atoms with Crippen LogP contribution in [0.1, 0.15) is 0 Å². The number of hydrogen-bond acceptors (Lipinski definition) is 5. The van der Waals surface area contributed by atoms with Crippen LogP contribution in [0.15, 0.2) is 53.7 Å². The Labute approximate surface area is 125 Å². The van der Waals surface area contributed by atoms with Gasteiger partial charge in [0.1, 0.15) is 23.5 Å². The molecule has 0 aliphatic carbocycles. The van der Waals surface area contributed by atoms with Crippen LogP contribution in [0.2, 0.25) is 0 Å². The topological polar surface area (TPSA) is 98.0 Å². The maximum Gasteiger partial charge on any atom is 0.238 e. The number of hydrogen-bond donors (Lipinski definition) is 2. The maximum absolute atomic E-state index is 13.7. The van der Waals surface area contributed by atoms with Crippen molar-refractivity contribution in [1.29, 1.82) is 0 Å². The van der Waals surface area contributed by atoms with E-state index in [1.165, 1.54) is 24.5 Å². The number of anilines is 2. The van der Waals surface area contributed by atoms with Gasteiger partial charge >= 0.3 is 0 Å². The van der Waals surface area contributed by atoms with E-state index in [1.807, 2.05) is 0 Å². The molecule has 1 heterocycles. The molecule has 0 spiro atoms. The second-order valence-electron chi connectivity index (χ2n) is 4.55. The molecule has 112 valence electrons. The Kier molecular flexibility index (Phi) is 3.47. The second-order valence-corrected chi connectivity index (χ2v) is 6.11. The Morgan fingerprint density at radius 2 is 1.77 bits per heavy atom. The maximum atomic E-state index is 13.7. The zero-order valence-electron chi connectivity index (χ0n) is 11.2. The van der Waals surface area contributed by atoms with E-state index in [2.05, 4.69) is 15.3 Å². The van der Waals surface area contributed by atoms with E-state index in [0.29, 0.717) is 16.9 Å². The number of benzene rings is 2. The van der Waals surface area contributed by atoms with Crippen LogP contribution in [0.3, 0.4) is 0 Å². The molecule has 8 heteroatoms. The quantitative estimate of drug-likeness (QED) is 0.771. The number of primary sulfonamides is 1. The lowest BCUT2D eigenvalue weighted by Gasteiger charge is -2.09. The number of sulfonamides is 1. The lowest BCUT2D eigenvalue weighted by Crippen LogP contribution is -2.11. The first-order valence-corrected chi connectivity index (χ1v) is 7.79. The van der Waals surface area contributed by atoms with E-state index in [-0.39, 0.29) is 10.4 Å². The Hall–Kier alpha value is -2.58. The predicted octanol–water partition coefficient (Wildman–Crippen LogP) is 2.16. The number of aromatic nitrogens is 2. The van der Waals surface area contributed by atoms with Crippen molar-refractivity contribution in [2.24, 2.45) is 5.14 Å². The first kappa shape index (κ1) is 14.4. The minimum Gasteiger partial charge on any atom is -0.340 e. The van der Waals surface area contributed by atoms with Crippen LogP contribution in [0, 0.1) is 5.82 Å². The van der Waals surface area contributed by atoms with Gasteiger partial charge in [0.15, 0.2) is 0 Å². The average Bonchev–Trinajstić information content (AvgIpc) is 2.48. The van der Waals surface area contributed by atoms with Gasteiger partial charge in [0.05, 0.1) is 4.90 Å². The summed E-state index contributed by atoms with van der Waals surface area (Å²) in [4.78, 5) is 8.00. The third kappa shape index (κ3) is 2.74. The molecule has 0 amide bonds. The normalized spacial score (nSPS) is 11.5. The van der Waals surface area contributed by atoms with Gasteiger partial charge in [0.25, 0.3) is 0 Å². The fourth-order valence-electron chi connectivity index (χ4n) is 2.02. The molecule has 0 unspecified atom stereocenters. The molecule has 22 heavy (non-hydrogen) atoms. The first-order chi connectivity index (χ1) is 10.4. The molecule has 0 fully saturated rings. The highest BCUT2D eigenvalue weighted by molar-refractivity contribution is 7.89. The van der Waals surface area contributed by atoms with Crippen LogP contribution in [-0.4, -0.2) is 18.4 Å². The molecule has 0 radical (unpaired) electrons. The van der Waals surface area contributed by atoms with Gasteiger partial charge in [-0.2, -0.15) is 0 Å². The van der Waals surface area contributed by atoms with Gasteiger partial charge in [0, 0.05) is 11.1 Å². The van der Waals surface area contributed by atoms with Gasteiger partial charge in [0.2, 0.25) is 10.0 Å². The van der Waals surface area contributed by atoms with E-state index in [4.69, 9.17) is 5.14 Å². The summed E-state index contributed by atoms with van der Waals surface area (Å²) in [7, 11) is -3.74. The highest BCUT2D eigenvalue weighted by Crippen LogP contribution is 2.24. The van der Waals surface area contributed by atoms with Gasteiger partial charge in [-0.1, -0.05) is 6.07 Å². The molecule has 3 aromatic rings. The average molecular weight is 318 g/mol. The number of nitrogens with zero attached hydrogens (tertiary/aromatic N) is 2. The van der Waals surface area contributed by atoms with E-state index >= 15 is 0 Å². The van der Waals surface area contributed by atoms with E-state index in [1.54, 1.807) is 24.3 Å². The molecule has 0 saturated carbocycles. The van der Waals surface area contributed by atoms with Crippen molar-refractivity contribution in [3.05, 3.63) is 54.6 Å². The molecule has 2 aromatic carbocycles. The molecule has 3 rings (SSSR count). The summed E-state index contributed by atoms with van der Waals surface area (Å²) in [6.07, 6.45) is 1.26.